The number of hydrogen-bond acceptors (Lipinski definition) is 6. The molecule has 1 saturated heterocycles. The van der Waals surface area contributed by atoms with Crippen LogP contribution in [0, 0.1) is 0 Å². The molecule has 1 aliphatic rings. The molecule has 0 unspecified atom stereocenters. The zero-order chi connectivity index (χ0) is 20.3. The number of likely N-dealkylation sites (N-methyl/N-ethyl adjacent to an activating group) is 1. The molecule has 28 heavy (non-hydrogen) atoms. The molecule has 1 fully saturated rings. The van der Waals surface area contributed by atoms with Gasteiger partial charge in [-0.1, -0.05) is 30.3 Å². The Hall–Kier alpha value is -3.00. The zero-order valence-electron chi connectivity index (χ0n) is 16.2. The summed E-state index contributed by atoms with van der Waals surface area (Å²) in [6.07, 6.45) is 1.87. The summed E-state index contributed by atoms with van der Waals surface area (Å²) in [5.41, 5.74) is 13.4. The van der Waals surface area contributed by atoms with Crippen molar-refractivity contribution in [3.8, 4) is 11.3 Å². The van der Waals surface area contributed by atoms with Crippen LogP contribution in [0.3, 0.4) is 0 Å². The van der Waals surface area contributed by atoms with Crippen molar-refractivity contribution in [3.63, 3.8) is 0 Å². The summed E-state index contributed by atoms with van der Waals surface area (Å²) in [6.45, 7) is 5.33. The predicted octanol–water partition coefficient (Wildman–Crippen LogP) is 1.14. The maximum Gasteiger partial charge on any atom is 0.258 e. The lowest BCUT2D eigenvalue weighted by Crippen LogP contribution is -2.47. The topological polar surface area (TPSA) is 118 Å². The Morgan fingerprint density at radius 3 is 2.54 bits per heavy atom. The van der Waals surface area contributed by atoms with Gasteiger partial charge in [0.15, 0.2) is 0 Å². The average molecular weight is 382 g/mol. The van der Waals surface area contributed by atoms with Gasteiger partial charge in [-0.05, 0) is 20.3 Å². The highest BCUT2D eigenvalue weighted by molar-refractivity contribution is 6.02. The van der Waals surface area contributed by atoms with Crippen LogP contribution in [-0.4, -0.2) is 63.3 Å². The normalized spacial score (nSPS) is 18.9. The van der Waals surface area contributed by atoms with Crippen LogP contribution in [0.2, 0.25) is 0 Å². The van der Waals surface area contributed by atoms with Crippen molar-refractivity contribution in [1.82, 2.24) is 19.8 Å². The summed E-state index contributed by atoms with van der Waals surface area (Å²) < 4.78 is 0. The van der Waals surface area contributed by atoms with Crippen molar-refractivity contribution in [3.05, 3.63) is 42.1 Å². The number of carbonyl (C=O) groups is 2. The fraction of sp³-hybridized carbons (Fsp3) is 0.400. The third kappa shape index (κ3) is 3.82. The van der Waals surface area contributed by atoms with Gasteiger partial charge in [0.05, 0.1) is 11.3 Å². The molecular formula is C20H26N6O2. The van der Waals surface area contributed by atoms with E-state index in [4.69, 9.17) is 11.5 Å². The zero-order valence-corrected chi connectivity index (χ0v) is 16.2. The Balaban J connectivity index is 1.98. The smallest absolute Gasteiger partial charge is 0.258 e. The van der Waals surface area contributed by atoms with Crippen molar-refractivity contribution in [2.24, 2.45) is 5.73 Å². The first-order valence-electron chi connectivity index (χ1n) is 9.49. The van der Waals surface area contributed by atoms with Crippen LogP contribution >= 0.6 is 0 Å². The van der Waals surface area contributed by atoms with Crippen molar-refractivity contribution in [1.29, 1.82) is 0 Å². The van der Waals surface area contributed by atoms with E-state index >= 15 is 0 Å². The van der Waals surface area contributed by atoms with Gasteiger partial charge in [0.2, 0.25) is 11.9 Å². The first-order chi connectivity index (χ1) is 13.5. The number of nitrogens with zero attached hydrogens (tertiary/aromatic N) is 4. The number of nitrogens with two attached hydrogens (primary N) is 2. The number of nitrogen functional groups attached to an aromatic ring is 1. The highest BCUT2D eigenvalue weighted by Gasteiger charge is 2.40. The maximum absolute atomic E-state index is 13.4. The first kappa shape index (κ1) is 19.8. The molecule has 8 heteroatoms. The number of benzene rings is 1. The molecule has 2 atom stereocenters. The monoisotopic (exact) mass is 382 g/mol. The van der Waals surface area contributed by atoms with Crippen LogP contribution < -0.4 is 11.5 Å². The Bertz CT molecular complexity index is 853. The Morgan fingerprint density at radius 1 is 1.21 bits per heavy atom. The lowest BCUT2D eigenvalue weighted by Gasteiger charge is -2.29. The second-order valence-corrected chi connectivity index (χ2v) is 6.84. The largest absolute Gasteiger partial charge is 0.368 e. The molecule has 0 radical (unpaired) electrons. The second-order valence-electron chi connectivity index (χ2n) is 6.84. The number of rotatable bonds is 5. The van der Waals surface area contributed by atoms with Gasteiger partial charge in [0.25, 0.3) is 5.91 Å². The second kappa shape index (κ2) is 8.35. The Morgan fingerprint density at radius 2 is 1.89 bits per heavy atom. The lowest BCUT2D eigenvalue weighted by molar-refractivity contribution is -0.134. The quantitative estimate of drug-likeness (QED) is 0.800. The van der Waals surface area contributed by atoms with Gasteiger partial charge in [-0.2, -0.15) is 0 Å². The van der Waals surface area contributed by atoms with Crippen molar-refractivity contribution >= 4 is 17.8 Å². The molecule has 2 heterocycles. The summed E-state index contributed by atoms with van der Waals surface area (Å²) in [4.78, 5) is 37.9. The number of aromatic nitrogens is 2. The van der Waals surface area contributed by atoms with Crippen LogP contribution in [0.25, 0.3) is 11.3 Å². The van der Waals surface area contributed by atoms with E-state index < -0.39 is 6.04 Å². The predicted molar refractivity (Wildman–Crippen MR) is 107 cm³/mol. The molecular weight excluding hydrogens is 356 g/mol. The van der Waals surface area contributed by atoms with Crippen molar-refractivity contribution < 1.29 is 9.59 Å². The molecule has 8 nitrogen and oxygen atoms in total. The molecule has 148 valence electrons. The molecule has 0 bridgehead atoms. The van der Waals surface area contributed by atoms with Crippen LogP contribution in [0.15, 0.2) is 36.5 Å². The third-order valence-corrected chi connectivity index (χ3v) is 5.04. The maximum atomic E-state index is 13.4. The van der Waals surface area contributed by atoms with Gasteiger partial charge in [-0.3, -0.25) is 9.59 Å². The van der Waals surface area contributed by atoms with E-state index in [-0.39, 0.29) is 23.8 Å². The molecule has 1 aromatic heterocycles. The number of hydrogen-bond donors (Lipinski definition) is 2. The van der Waals surface area contributed by atoms with E-state index in [1.54, 1.807) is 9.80 Å². The molecule has 1 aromatic carbocycles. The van der Waals surface area contributed by atoms with Gasteiger partial charge in [0, 0.05) is 37.4 Å². The average Bonchev–Trinajstić information content (AvgIpc) is 3.10. The van der Waals surface area contributed by atoms with E-state index in [0.29, 0.717) is 37.3 Å². The number of amides is 2. The van der Waals surface area contributed by atoms with E-state index in [9.17, 15) is 9.59 Å². The molecule has 2 amide bonds. The van der Waals surface area contributed by atoms with Crippen LogP contribution in [0.4, 0.5) is 5.95 Å². The van der Waals surface area contributed by atoms with Crippen LogP contribution in [-0.2, 0) is 4.79 Å². The summed E-state index contributed by atoms with van der Waals surface area (Å²) in [5, 5.41) is 0. The van der Waals surface area contributed by atoms with E-state index in [1.807, 2.05) is 44.2 Å². The fourth-order valence-corrected chi connectivity index (χ4v) is 3.60. The van der Waals surface area contributed by atoms with Crippen molar-refractivity contribution in [2.45, 2.75) is 32.4 Å². The van der Waals surface area contributed by atoms with Gasteiger partial charge in [0.1, 0.15) is 6.04 Å². The Kier molecular flexibility index (Phi) is 5.89. The molecule has 3 rings (SSSR count). The minimum Gasteiger partial charge on any atom is -0.368 e. The summed E-state index contributed by atoms with van der Waals surface area (Å²) >= 11 is 0. The summed E-state index contributed by atoms with van der Waals surface area (Å²) in [5.74, 6) is -0.300. The molecule has 0 spiro atoms. The fourth-order valence-electron chi connectivity index (χ4n) is 3.60. The SMILES string of the molecule is CCN(CC)C(=O)[C@@H]1C[C@@H](N)CN1C(=O)c1cnc(N)nc1-c1ccccc1. The third-order valence-electron chi connectivity index (χ3n) is 5.04. The van der Waals surface area contributed by atoms with E-state index in [1.165, 1.54) is 6.20 Å². The van der Waals surface area contributed by atoms with Crippen LogP contribution in [0.1, 0.15) is 30.6 Å². The number of likely N-dealkylation sites (tertiary alicyclic amines) is 1. The number of anilines is 1. The highest BCUT2D eigenvalue weighted by Crippen LogP contribution is 2.27. The standard InChI is InChI=1S/C20H26N6O2/c1-3-25(4-2)19(28)16-10-14(21)12-26(16)18(27)15-11-23-20(22)24-17(15)13-8-6-5-7-9-13/h5-9,11,14,16H,3-4,10,12,21H2,1-2H3,(H2,22,23,24)/t14-,16+/m1/s1. The Labute approximate surface area is 164 Å². The summed E-state index contributed by atoms with van der Waals surface area (Å²) in [6, 6.07) is 8.49. The van der Waals surface area contributed by atoms with Gasteiger partial charge >= 0.3 is 0 Å². The minimum atomic E-state index is -0.580. The molecule has 4 N–H and O–H groups in total. The minimum absolute atomic E-state index is 0.0797. The van der Waals surface area contributed by atoms with E-state index in [0.717, 1.165) is 5.56 Å². The highest BCUT2D eigenvalue weighted by atomic mass is 16.2. The number of carbonyl (C=O) groups excluding carboxylic acids is 2. The van der Waals surface area contributed by atoms with E-state index in [2.05, 4.69) is 9.97 Å². The van der Waals surface area contributed by atoms with Gasteiger partial charge in [-0.15, -0.1) is 0 Å². The first-order valence-corrected chi connectivity index (χ1v) is 9.49. The molecule has 0 saturated carbocycles. The molecule has 1 aliphatic heterocycles. The lowest BCUT2D eigenvalue weighted by atomic mass is 10.1. The summed E-state index contributed by atoms with van der Waals surface area (Å²) in [7, 11) is 0. The van der Waals surface area contributed by atoms with Crippen molar-refractivity contribution in [2.75, 3.05) is 25.4 Å². The molecule has 2 aromatic rings. The van der Waals surface area contributed by atoms with Gasteiger partial charge in [-0.25, -0.2) is 9.97 Å². The molecule has 0 aliphatic carbocycles. The van der Waals surface area contributed by atoms with Gasteiger partial charge < -0.3 is 21.3 Å². The van der Waals surface area contributed by atoms with Crippen LogP contribution in [0.5, 0.6) is 0 Å².